The Balaban J connectivity index is 1.49. The van der Waals surface area contributed by atoms with Gasteiger partial charge in [0.25, 0.3) is 5.91 Å². The topological polar surface area (TPSA) is 81.8 Å². The molecule has 0 bridgehead atoms. The molecule has 2 saturated heterocycles. The summed E-state index contributed by atoms with van der Waals surface area (Å²) >= 11 is 0. The van der Waals surface area contributed by atoms with Gasteiger partial charge in [0.2, 0.25) is 5.91 Å². The first-order valence-electron chi connectivity index (χ1n) is 11.0. The van der Waals surface area contributed by atoms with Crippen LogP contribution in [0.25, 0.3) is 0 Å². The van der Waals surface area contributed by atoms with Crippen molar-refractivity contribution in [2.24, 2.45) is 11.8 Å². The number of urea groups is 1. The number of likely N-dealkylation sites (tertiary alicyclic amines) is 1. The summed E-state index contributed by atoms with van der Waals surface area (Å²) in [5.41, 5.74) is -0.774. The van der Waals surface area contributed by atoms with E-state index in [4.69, 9.17) is 0 Å². The zero-order valence-electron chi connectivity index (χ0n) is 17.6. The van der Waals surface area contributed by atoms with Crippen LogP contribution in [0.1, 0.15) is 65.7 Å². The van der Waals surface area contributed by atoms with Gasteiger partial charge >= 0.3 is 6.03 Å². The predicted molar refractivity (Wildman–Crippen MR) is 108 cm³/mol. The minimum Gasteiger partial charge on any atom is -0.354 e. The molecule has 1 aliphatic carbocycles. The van der Waals surface area contributed by atoms with Gasteiger partial charge < -0.3 is 15.5 Å². The van der Waals surface area contributed by atoms with E-state index in [2.05, 4.69) is 36.3 Å². The first-order valence-corrected chi connectivity index (χ1v) is 11.0. The summed E-state index contributed by atoms with van der Waals surface area (Å²) in [5, 5.41) is 5.84. The number of nitrogens with one attached hydrogen (secondary N) is 2. The molecule has 2 heterocycles. The predicted octanol–water partition coefficient (Wildman–Crippen LogP) is 2.11. The third-order valence-corrected chi connectivity index (χ3v) is 6.95. The van der Waals surface area contributed by atoms with Gasteiger partial charge in [0.05, 0.1) is 0 Å². The molecule has 3 fully saturated rings. The number of hydrogen-bond donors (Lipinski definition) is 2. The quantitative estimate of drug-likeness (QED) is 0.679. The molecular formula is C21H36N4O3. The molecule has 158 valence electrons. The van der Waals surface area contributed by atoms with E-state index in [1.54, 1.807) is 0 Å². The Hall–Kier alpha value is -1.63. The van der Waals surface area contributed by atoms with Gasteiger partial charge in [-0.25, -0.2) is 4.79 Å². The first-order chi connectivity index (χ1) is 13.3. The average molecular weight is 393 g/mol. The van der Waals surface area contributed by atoms with Gasteiger partial charge in [-0.1, -0.05) is 13.3 Å². The summed E-state index contributed by atoms with van der Waals surface area (Å²) in [6, 6.07) is 0.0992. The fraction of sp³-hybridized carbons (Fsp3) is 0.857. The van der Waals surface area contributed by atoms with Crippen molar-refractivity contribution >= 4 is 17.8 Å². The standard InChI is InChI=1S/C21H36N4O3/c1-4-16-7-9-21(10-8-16)19(27)25(20(28)23-21)14-18(26)22-12-17-6-5-11-24(13-17)15(2)3/h15-17H,4-14H2,1-3H3,(H,22,26)(H,23,28). The van der Waals surface area contributed by atoms with Gasteiger partial charge in [0.15, 0.2) is 0 Å². The van der Waals surface area contributed by atoms with Crippen molar-refractivity contribution in [1.82, 2.24) is 20.4 Å². The highest BCUT2D eigenvalue weighted by Gasteiger charge is 2.52. The maximum atomic E-state index is 12.9. The maximum absolute atomic E-state index is 12.9. The van der Waals surface area contributed by atoms with Crippen LogP contribution in [-0.2, 0) is 9.59 Å². The summed E-state index contributed by atoms with van der Waals surface area (Å²) in [4.78, 5) is 41.3. The summed E-state index contributed by atoms with van der Waals surface area (Å²) in [6.07, 6.45) is 6.64. The minimum atomic E-state index is -0.774. The molecule has 1 unspecified atom stereocenters. The number of hydrogen-bond acceptors (Lipinski definition) is 4. The Morgan fingerprint density at radius 3 is 2.57 bits per heavy atom. The molecular weight excluding hydrogens is 356 g/mol. The zero-order valence-corrected chi connectivity index (χ0v) is 17.6. The molecule has 0 aromatic heterocycles. The third kappa shape index (κ3) is 4.50. The lowest BCUT2D eigenvalue weighted by Gasteiger charge is -2.35. The molecule has 0 aromatic carbocycles. The van der Waals surface area contributed by atoms with Gasteiger partial charge in [0.1, 0.15) is 12.1 Å². The maximum Gasteiger partial charge on any atom is 0.325 e. The molecule has 4 amide bonds. The molecule has 3 rings (SSSR count). The van der Waals surface area contributed by atoms with Gasteiger partial charge in [-0.3, -0.25) is 14.5 Å². The lowest BCUT2D eigenvalue weighted by Crippen LogP contribution is -2.50. The molecule has 28 heavy (non-hydrogen) atoms. The van der Waals surface area contributed by atoms with Crippen LogP contribution in [0.4, 0.5) is 4.79 Å². The Kier molecular flexibility index (Phi) is 6.63. The molecule has 0 aromatic rings. The third-order valence-electron chi connectivity index (χ3n) is 6.95. The number of amides is 4. The van der Waals surface area contributed by atoms with Crippen molar-refractivity contribution < 1.29 is 14.4 Å². The van der Waals surface area contributed by atoms with Gasteiger partial charge in [0, 0.05) is 19.1 Å². The van der Waals surface area contributed by atoms with Gasteiger partial charge in [-0.05, 0) is 70.8 Å². The van der Waals surface area contributed by atoms with Crippen LogP contribution in [0.3, 0.4) is 0 Å². The van der Waals surface area contributed by atoms with Crippen LogP contribution < -0.4 is 10.6 Å². The molecule has 2 aliphatic heterocycles. The highest BCUT2D eigenvalue weighted by atomic mass is 16.2. The minimum absolute atomic E-state index is 0.176. The molecule has 7 heteroatoms. The molecule has 1 atom stereocenters. The lowest BCUT2D eigenvalue weighted by molar-refractivity contribution is -0.136. The number of carbonyl (C=O) groups is 3. The van der Waals surface area contributed by atoms with E-state index in [0.29, 0.717) is 37.3 Å². The summed E-state index contributed by atoms with van der Waals surface area (Å²) < 4.78 is 0. The molecule has 3 aliphatic rings. The van der Waals surface area contributed by atoms with Crippen molar-refractivity contribution in [3.8, 4) is 0 Å². The Morgan fingerprint density at radius 2 is 1.93 bits per heavy atom. The number of rotatable bonds is 6. The number of imide groups is 1. The molecule has 0 radical (unpaired) electrons. The molecule has 1 saturated carbocycles. The molecule has 1 spiro atoms. The first kappa shape index (κ1) is 21.1. The normalized spacial score (nSPS) is 31.5. The number of carbonyl (C=O) groups excluding carboxylic acids is 3. The highest BCUT2D eigenvalue weighted by molar-refractivity contribution is 6.09. The number of piperidine rings is 1. The largest absolute Gasteiger partial charge is 0.354 e. The summed E-state index contributed by atoms with van der Waals surface area (Å²) in [6.45, 7) is 9.10. The molecule has 7 nitrogen and oxygen atoms in total. The van der Waals surface area contributed by atoms with Gasteiger partial charge in [-0.15, -0.1) is 0 Å². The van der Waals surface area contributed by atoms with Crippen LogP contribution in [0.5, 0.6) is 0 Å². The zero-order chi connectivity index (χ0) is 20.3. The van der Waals surface area contributed by atoms with Crippen LogP contribution in [-0.4, -0.2) is 65.4 Å². The van der Waals surface area contributed by atoms with Crippen LogP contribution in [0.15, 0.2) is 0 Å². The Bertz CT molecular complexity index is 598. The monoisotopic (exact) mass is 392 g/mol. The van der Waals surface area contributed by atoms with Gasteiger partial charge in [-0.2, -0.15) is 0 Å². The fourth-order valence-electron chi connectivity index (χ4n) is 4.93. The SMILES string of the molecule is CCC1CCC2(CC1)NC(=O)N(CC(=O)NCC1CCCN(C(C)C)C1)C2=O. The smallest absolute Gasteiger partial charge is 0.325 e. The summed E-state index contributed by atoms with van der Waals surface area (Å²) in [7, 11) is 0. The second-order valence-electron chi connectivity index (χ2n) is 9.16. The Morgan fingerprint density at radius 1 is 1.21 bits per heavy atom. The van der Waals surface area contributed by atoms with E-state index in [1.807, 2.05) is 0 Å². The van der Waals surface area contributed by atoms with E-state index in [9.17, 15) is 14.4 Å². The second-order valence-corrected chi connectivity index (χ2v) is 9.16. The van der Waals surface area contributed by atoms with E-state index >= 15 is 0 Å². The van der Waals surface area contributed by atoms with Crippen LogP contribution >= 0.6 is 0 Å². The highest BCUT2D eigenvalue weighted by Crippen LogP contribution is 2.37. The van der Waals surface area contributed by atoms with Crippen molar-refractivity contribution in [2.45, 2.75) is 77.3 Å². The lowest BCUT2D eigenvalue weighted by atomic mass is 9.75. The van der Waals surface area contributed by atoms with Crippen molar-refractivity contribution in [3.63, 3.8) is 0 Å². The number of nitrogens with zero attached hydrogens (tertiary/aromatic N) is 2. The van der Waals surface area contributed by atoms with E-state index in [-0.39, 0.29) is 18.4 Å². The summed E-state index contributed by atoms with van der Waals surface area (Å²) in [5.74, 6) is 0.600. The van der Waals surface area contributed by atoms with Crippen molar-refractivity contribution in [3.05, 3.63) is 0 Å². The fourth-order valence-corrected chi connectivity index (χ4v) is 4.93. The van der Waals surface area contributed by atoms with Crippen LogP contribution in [0.2, 0.25) is 0 Å². The van der Waals surface area contributed by atoms with E-state index in [0.717, 1.165) is 50.1 Å². The second kappa shape index (κ2) is 8.80. The van der Waals surface area contributed by atoms with Crippen LogP contribution in [0, 0.1) is 11.8 Å². The average Bonchev–Trinajstić information content (AvgIpc) is 2.91. The molecule has 2 N–H and O–H groups in total. The van der Waals surface area contributed by atoms with Crippen molar-refractivity contribution in [2.75, 3.05) is 26.2 Å². The Labute approximate surface area is 168 Å². The van der Waals surface area contributed by atoms with Crippen molar-refractivity contribution in [1.29, 1.82) is 0 Å². The van der Waals surface area contributed by atoms with E-state index in [1.165, 1.54) is 0 Å². The van der Waals surface area contributed by atoms with E-state index < -0.39 is 11.6 Å².